The van der Waals surface area contributed by atoms with Crippen LogP contribution < -0.4 is 10.1 Å². The highest BCUT2D eigenvalue weighted by Gasteiger charge is 2.17. The van der Waals surface area contributed by atoms with Gasteiger partial charge in [-0.05, 0) is 79.9 Å². The van der Waals surface area contributed by atoms with Gasteiger partial charge in [0.1, 0.15) is 23.8 Å². The third-order valence-corrected chi connectivity index (χ3v) is 8.10. The van der Waals surface area contributed by atoms with Crippen LogP contribution in [0.3, 0.4) is 0 Å². The summed E-state index contributed by atoms with van der Waals surface area (Å²) < 4.78 is 20.8. The predicted molar refractivity (Wildman–Crippen MR) is 172 cm³/mol. The highest BCUT2D eigenvalue weighted by Crippen LogP contribution is 2.35. The van der Waals surface area contributed by atoms with E-state index < -0.39 is 0 Å². The molecule has 1 fully saturated rings. The first-order valence-corrected chi connectivity index (χ1v) is 15.3. The number of amides is 1. The fourth-order valence-corrected chi connectivity index (χ4v) is 5.89. The van der Waals surface area contributed by atoms with E-state index in [9.17, 15) is 9.18 Å². The molecule has 0 aliphatic carbocycles. The molecule has 0 bridgehead atoms. The second-order valence-electron chi connectivity index (χ2n) is 11.3. The third-order valence-electron chi connectivity index (χ3n) is 8.10. The predicted octanol–water partition coefficient (Wildman–Crippen LogP) is 6.58. The normalized spacial score (nSPS) is 13.6. The average molecular weight is 605 g/mol. The summed E-state index contributed by atoms with van der Waals surface area (Å²) >= 11 is 0. The number of likely N-dealkylation sites (tertiary alicyclic amines) is 1. The summed E-state index contributed by atoms with van der Waals surface area (Å²) in [5.41, 5.74) is 6.55. The van der Waals surface area contributed by atoms with E-state index in [4.69, 9.17) is 4.74 Å². The molecule has 7 rings (SSSR count). The van der Waals surface area contributed by atoms with E-state index in [0.717, 1.165) is 64.9 Å². The van der Waals surface area contributed by atoms with Crippen molar-refractivity contribution in [2.45, 2.75) is 32.6 Å². The monoisotopic (exact) mass is 604 g/mol. The summed E-state index contributed by atoms with van der Waals surface area (Å²) in [7, 11) is 0. The van der Waals surface area contributed by atoms with Crippen molar-refractivity contribution < 1.29 is 13.9 Å². The van der Waals surface area contributed by atoms with Gasteiger partial charge in [0.25, 0.3) is 0 Å². The van der Waals surface area contributed by atoms with Crippen molar-refractivity contribution in [3.05, 3.63) is 73.1 Å². The molecule has 1 aromatic carbocycles. The Bertz CT molecular complexity index is 2000. The van der Waals surface area contributed by atoms with Gasteiger partial charge >= 0.3 is 0 Å². The third kappa shape index (κ3) is 6.12. The van der Waals surface area contributed by atoms with Gasteiger partial charge < -0.3 is 15.0 Å². The van der Waals surface area contributed by atoms with Crippen molar-refractivity contribution in [3.63, 3.8) is 0 Å². The van der Waals surface area contributed by atoms with Crippen molar-refractivity contribution in [3.8, 4) is 39.4 Å². The van der Waals surface area contributed by atoms with Crippen molar-refractivity contribution in [1.82, 2.24) is 35.0 Å². The number of ether oxygens (including phenoxy) is 1. The van der Waals surface area contributed by atoms with Crippen molar-refractivity contribution in [2.75, 3.05) is 31.6 Å². The molecule has 1 saturated heterocycles. The number of pyridine rings is 3. The molecule has 228 valence electrons. The molecule has 6 heterocycles. The van der Waals surface area contributed by atoms with E-state index in [1.54, 1.807) is 24.8 Å². The molecule has 0 unspecified atom stereocenters. The van der Waals surface area contributed by atoms with Gasteiger partial charge in [-0.25, -0.2) is 14.4 Å². The second kappa shape index (κ2) is 12.4. The van der Waals surface area contributed by atoms with Gasteiger partial charge in [-0.2, -0.15) is 5.10 Å². The maximum absolute atomic E-state index is 14.8. The first-order valence-electron chi connectivity index (χ1n) is 15.3. The van der Waals surface area contributed by atoms with E-state index in [2.05, 4.69) is 40.3 Å². The van der Waals surface area contributed by atoms with E-state index >= 15 is 0 Å². The quantitative estimate of drug-likeness (QED) is 0.161. The summed E-state index contributed by atoms with van der Waals surface area (Å²) in [5, 5.41) is 12.1. The van der Waals surface area contributed by atoms with Crippen LogP contribution in [0.2, 0.25) is 0 Å². The molecule has 1 aliphatic rings. The lowest BCUT2D eigenvalue weighted by atomic mass is 10.0. The molecule has 0 spiro atoms. The summed E-state index contributed by atoms with van der Waals surface area (Å²) in [6.45, 7) is 5.49. The number of benzene rings is 1. The van der Waals surface area contributed by atoms with Crippen LogP contribution in [0.25, 0.3) is 55.7 Å². The van der Waals surface area contributed by atoms with Gasteiger partial charge in [-0.3, -0.25) is 19.8 Å². The summed E-state index contributed by atoms with van der Waals surface area (Å²) in [4.78, 5) is 31.3. The first kappa shape index (κ1) is 28.6. The van der Waals surface area contributed by atoms with Gasteiger partial charge in [0.05, 0.1) is 23.3 Å². The molecule has 6 aromatic rings. The molecule has 45 heavy (non-hydrogen) atoms. The summed E-state index contributed by atoms with van der Waals surface area (Å²) in [6, 6.07) is 12.6. The number of rotatable bonds is 10. The van der Waals surface area contributed by atoms with Gasteiger partial charge in [-0.1, -0.05) is 6.92 Å². The molecule has 0 radical (unpaired) electrons. The second-order valence-corrected chi connectivity index (χ2v) is 11.3. The maximum atomic E-state index is 14.8. The molecular weight excluding hydrogens is 571 g/mol. The maximum Gasteiger partial charge on any atom is 0.224 e. The number of nitrogens with one attached hydrogen (secondary N) is 3. The van der Waals surface area contributed by atoms with E-state index in [1.807, 2.05) is 37.3 Å². The Morgan fingerprint density at radius 1 is 1.00 bits per heavy atom. The number of fused-ring (bicyclic) bond motifs is 2. The Labute approximate surface area is 259 Å². The van der Waals surface area contributed by atoms with Crippen LogP contribution in [-0.4, -0.2) is 67.2 Å². The lowest BCUT2D eigenvalue weighted by molar-refractivity contribution is -0.116. The van der Waals surface area contributed by atoms with E-state index in [-0.39, 0.29) is 11.7 Å². The number of anilines is 1. The summed E-state index contributed by atoms with van der Waals surface area (Å²) in [6.07, 6.45) is 10.5. The first-order chi connectivity index (χ1) is 22.0. The Morgan fingerprint density at radius 3 is 2.73 bits per heavy atom. The minimum Gasteiger partial charge on any atom is -0.492 e. The average Bonchev–Trinajstić information content (AvgIpc) is 3.80. The summed E-state index contributed by atoms with van der Waals surface area (Å²) in [5.74, 6) is 0.103. The van der Waals surface area contributed by atoms with Crippen molar-refractivity contribution in [2.24, 2.45) is 0 Å². The molecule has 1 amide bonds. The van der Waals surface area contributed by atoms with Gasteiger partial charge in [0.2, 0.25) is 5.91 Å². The molecular formula is C34H33FN8O2. The lowest BCUT2D eigenvalue weighted by Gasteiger charge is -2.15. The fourth-order valence-electron chi connectivity index (χ4n) is 5.89. The number of halogens is 1. The Balaban J connectivity index is 1.19. The topological polar surface area (TPSA) is 125 Å². The standard InChI is InChI=1S/C34H33FN8O2/c1-2-5-31(44)39-25-13-22(18-36-20-25)23-15-29-32(41-42-34(29)38-19-23)30-17-28-27(6-7-37-33(28)40-30)21-12-24(35)16-26(14-21)45-11-10-43-8-3-4-9-43/h6-7,12-20H,2-5,8-11H2,1H3,(H,37,40)(H,39,44)(H,38,41,42). The van der Waals surface area contributed by atoms with Crippen LogP contribution in [0, 0.1) is 5.82 Å². The van der Waals surface area contributed by atoms with Crippen LogP contribution in [-0.2, 0) is 4.79 Å². The molecule has 3 N–H and O–H groups in total. The molecule has 0 atom stereocenters. The van der Waals surface area contributed by atoms with Crippen molar-refractivity contribution in [1.29, 1.82) is 0 Å². The number of nitrogens with zero attached hydrogens (tertiary/aromatic N) is 5. The van der Waals surface area contributed by atoms with Crippen LogP contribution in [0.4, 0.5) is 10.1 Å². The van der Waals surface area contributed by atoms with Crippen LogP contribution in [0.1, 0.15) is 32.6 Å². The smallest absolute Gasteiger partial charge is 0.224 e. The van der Waals surface area contributed by atoms with Crippen LogP contribution >= 0.6 is 0 Å². The lowest BCUT2D eigenvalue weighted by Crippen LogP contribution is -2.25. The molecule has 11 heteroatoms. The van der Waals surface area contributed by atoms with Gasteiger partial charge in [-0.15, -0.1) is 0 Å². The minimum atomic E-state index is -0.356. The largest absolute Gasteiger partial charge is 0.492 e. The minimum absolute atomic E-state index is 0.0477. The number of carbonyl (C=O) groups is 1. The van der Waals surface area contributed by atoms with E-state index in [0.29, 0.717) is 41.3 Å². The molecule has 0 saturated carbocycles. The van der Waals surface area contributed by atoms with Gasteiger partial charge in [0.15, 0.2) is 5.65 Å². The molecule has 1 aliphatic heterocycles. The highest BCUT2D eigenvalue weighted by atomic mass is 19.1. The molecule has 10 nitrogen and oxygen atoms in total. The van der Waals surface area contributed by atoms with Crippen molar-refractivity contribution >= 4 is 33.7 Å². The Morgan fingerprint density at radius 2 is 1.87 bits per heavy atom. The van der Waals surface area contributed by atoms with Crippen LogP contribution in [0.15, 0.2) is 67.3 Å². The number of aromatic nitrogens is 6. The van der Waals surface area contributed by atoms with E-state index in [1.165, 1.54) is 25.0 Å². The number of hydrogen-bond acceptors (Lipinski definition) is 7. The zero-order valence-electron chi connectivity index (χ0n) is 24.9. The fraction of sp³-hybridized carbons (Fsp3) is 0.265. The Hall–Kier alpha value is -5.16. The molecule has 5 aromatic heterocycles. The Kier molecular flexibility index (Phi) is 7.91. The van der Waals surface area contributed by atoms with Crippen LogP contribution in [0.5, 0.6) is 5.75 Å². The van der Waals surface area contributed by atoms with Gasteiger partial charge in [0, 0.05) is 59.5 Å². The number of hydrogen-bond donors (Lipinski definition) is 3. The zero-order chi connectivity index (χ0) is 30.8. The SMILES string of the molecule is CCCC(=O)Nc1cncc(-c2cnc3n[nH]c(-c4cc5c(-c6cc(F)cc(OCCN7CCCC7)c6)ccnc5[nH]4)c3c2)c1. The zero-order valence-corrected chi connectivity index (χ0v) is 24.9. The number of aromatic amines is 2. The highest BCUT2D eigenvalue weighted by molar-refractivity contribution is 6.00. The number of carbonyl (C=O) groups excluding carboxylic acids is 1. The number of H-pyrrole nitrogens is 2.